The number of amides is 1. The van der Waals surface area contributed by atoms with Crippen LogP contribution in [-0.2, 0) is 4.79 Å². The van der Waals surface area contributed by atoms with Crippen LogP contribution in [0.3, 0.4) is 0 Å². The minimum atomic E-state index is -1.09. The summed E-state index contributed by atoms with van der Waals surface area (Å²) >= 11 is 21.9. The van der Waals surface area contributed by atoms with Crippen molar-refractivity contribution in [2.45, 2.75) is 18.7 Å². The Morgan fingerprint density at radius 1 is 1.28 bits per heavy atom. The van der Waals surface area contributed by atoms with E-state index in [1.54, 1.807) is 31.1 Å². The van der Waals surface area contributed by atoms with Crippen LogP contribution in [-0.4, -0.2) is 35.7 Å². The first-order valence-electron chi connectivity index (χ1n) is 8.89. The minimum absolute atomic E-state index is 0.0867. The molecule has 0 radical (unpaired) electrons. The number of fused-ring (bicyclic) bond motifs is 4. The second-order valence-electron chi connectivity index (χ2n) is 7.41. The Balaban J connectivity index is 1.94. The second-order valence-corrected chi connectivity index (χ2v) is 9.56. The molecule has 0 saturated carbocycles. The largest absolute Gasteiger partial charge is 0.465 e. The number of benzene rings is 2. The average Bonchev–Trinajstić information content (AvgIpc) is 2.63. The summed E-state index contributed by atoms with van der Waals surface area (Å²) in [6.45, 7) is 1.87. The maximum Gasteiger partial charge on any atom is 0.233 e. The molecule has 2 aromatic rings. The van der Waals surface area contributed by atoms with Gasteiger partial charge in [-0.25, -0.2) is 0 Å². The second kappa shape index (κ2) is 7.30. The number of nitrogens with zero attached hydrogens (tertiary/aromatic N) is 2. The molecule has 0 aromatic heterocycles. The first-order chi connectivity index (χ1) is 13.6. The standard InChI is InChI=1S/C20H18BrCl2N3O2S/c1-20-15(18(27)25(2)3)16(13-8-11(22)9-14(23)17(13)28-20)24-19(29)26(20)12-6-4-10(21)5-7-12/h4-9,15-16H,1-3H3,(H,24,29). The molecule has 0 aliphatic carbocycles. The number of carbonyl (C=O) groups excluding carboxylic acids is 1. The van der Waals surface area contributed by atoms with Crippen LogP contribution < -0.4 is 15.0 Å². The molecule has 2 aromatic carbocycles. The summed E-state index contributed by atoms with van der Waals surface area (Å²) in [5.41, 5.74) is 0.432. The number of hydrogen-bond acceptors (Lipinski definition) is 3. The van der Waals surface area contributed by atoms with E-state index in [9.17, 15) is 4.79 Å². The molecule has 1 fully saturated rings. The summed E-state index contributed by atoms with van der Waals surface area (Å²) in [6, 6.07) is 10.7. The van der Waals surface area contributed by atoms with Crippen molar-refractivity contribution in [3.05, 3.63) is 56.5 Å². The number of carbonyl (C=O) groups is 1. The third-order valence-corrected chi connectivity index (χ3v) is 6.64. The summed E-state index contributed by atoms with van der Waals surface area (Å²) in [4.78, 5) is 16.7. The molecule has 3 atom stereocenters. The summed E-state index contributed by atoms with van der Waals surface area (Å²) in [5.74, 6) is -0.172. The van der Waals surface area contributed by atoms with Crippen LogP contribution in [0.25, 0.3) is 0 Å². The summed E-state index contributed by atoms with van der Waals surface area (Å²) in [6.07, 6.45) is 0. The first kappa shape index (κ1) is 20.7. The number of halogens is 3. The molecule has 0 spiro atoms. The van der Waals surface area contributed by atoms with Crippen LogP contribution in [0, 0.1) is 5.92 Å². The molecule has 5 nitrogen and oxygen atoms in total. The van der Waals surface area contributed by atoms with Gasteiger partial charge in [-0.2, -0.15) is 0 Å². The Bertz CT molecular complexity index is 1020. The van der Waals surface area contributed by atoms with Crippen molar-refractivity contribution in [3.63, 3.8) is 0 Å². The van der Waals surface area contributed by atoms with Crippen LogP contribution in [0.4, 0.5) is 5.69 Å². The molecule has 29 heavy (non-hydrogen) atoms. The van der Waals surface area contributed by atoms with Crippen molar-refractivity contribution < 1.29 is 9.53 Å². The van der Waals surface area contributed by atoms with E-state index < -0.39 is 17.7 Å². The van der Waals surface area contributed by atoms with E-state index in [2.05, 4.69) is 21.2 Å². The number of thiocarbonyl (C=S) groups is 1. The highest BCUT2D eigenvalue weighted by atomic mass is 79.9. The highest BCUT2D eigenvalue weighted by Crippen LogP contribution is 2.52. The van der Waals surface area contributed by atoms with Gasteiger partial charge in [0.25, 0.3) is 0 Å². The summed E-state index contributed by atoms with van der Waals surface area (Å²) in [7, 11) is 3.45. The van der Waals surface area contributed by atoms with Crippen LogP contribution in [0.15, 0.2) is 40.9 Å². The smallest absolute Gasteiger partial charge is 0.233 e. The lowest BCUT2D eigenvalue weighted by molar-refractivity contribution is -0.144. The van der Waals surface area contributed by atoms with Gasteiger partial charge in [-0.3, -0.25) is 9.69 Å². The number of nitrogens with one attached hydrogen (secondary N) is 1. The lowest BCUT2D eigenvalue weighted by atomic mass is 9.78. The van der Waals surface area contributed by atoms with E-state index in [4.69, 9.17) is 40.2 Å². The molecule has 2 heterocycles. The van der Waals surface area contributed by atoms with Gasteiger partial charge in [0.05, 0.1) is 11.1 Å². The maximum atomic E-state index is 13.3. The third-order valence-electron chi connectivity index (χ3n) is 5.31. The number of rotatable bonds is 2. The van der Waals surface area contributed by atoms with Gasteiger partial charge in [0.2, 0.25) is 5.91 Å². The van der Waals surface area contributed by atoms with Crippen LogP contribution in [0.5, 0.6) is 5.75 Å². The lowest BCUT2D eigenvalue weighted by Gasteiger charge is -2.56. The molecule has 2 bridgehead atoms. The van der Waals surface area contributed by atoms with Gasteiger partial charge in [0, 0.05) is 34.8 Å². The van der Waals surface area contributed by atoms with Crippen molar-refractivity contribution in [1.82, 2.24) is 10.2 Å². The molecule has 152 valence electrons. The normalized spacial score (nSPS) is 25.0. The Kier molecular flexibility index (Phi) is 5.22. The van der Waals surface area contributed by atoms with Crippen molar-refractivity contribution in [2.24, 2.45) is 5.92 Å². The van der Waals surface area contributed by atoms with Crippen molar-refractivity contribution in [3.8, 4) is 5.75 Å². The lowest BCUT2D eigenvalue weighted by Crippen LogP contribution is -2.72. The molecular formula is C20H18BrCl2N3O2S. The SMILES string of the molecule is CN(C)C(=O)C1C2NC(=S)N(c3ccc(Br)cc3)C1(C)Oc1c(Cl)cc(Cl)cc12. The van der Waals surface area contributed by atoms with Gasteiger partial charge in [-0.15, -0.1) is 0 Å². The van der Waals surface area contributed by atoms with Crippen LogP contribution >= 0.6 is 51.3 Å². The highest BCUT2D eigenvalue weighted by molar-refractivity contribution is 9.10. The summed E-state index contributed by atoms with van der Waals surface area (Å²) < 4.78 is 7.41. The average molecular weight is 515 g/mol. The fourth-order valence-corrected chi connectivity index (χ4v) is 5.26. The Hall–Kier alpha value is -1.54. The van der Waals surface area contributed by atoms with E-state index in [1.165, 1.54) is 0 Å². The van der Waals surface area contributed by atoms with Crippen molar-refractivity contribution in [1.29, 1.82) is 0 Å². The van der Waals surface area contributed by atoms with Crippen LogP contribution in [0.2, 0.25) is 10.0 Å². The van der Waals surface area contributed by atoms with E-state index >= 15 is 0 Å². The van der Waals surface area contributed by atoms with Gasteiger partial charge < -0.3 is 15.0 Å². The van der Waals surface area contributed by atoms with E-state index in [-0.39, 0.29) is 5.91 Å². The molecule has 2 aliphatic rings. The topological polar surface area (TPSA) is 44.8 Å². The molecule has 1 amide bonds. The highest BCUT2D eigenvalue weighted by Gasteiger charge is 2.59. The first-order valence-corrected chi connectivity index (χ1v) is 10.8. The zero-order valence-corrected chi connectivity index (χ0v) is 19.8. The zero-order chi connectivity index (χ0) is 21.1. The Morgan fingerprint density at radius 2 is 1.93 bits per heavy atom. The van der Waals surface area contributed by atoms with Gasteiger partial charge in [-0.1, -0.05) is 39.1 Å². The van der Waals surface area contributed by atoms with Gasteiger partial charge >= 0.3 is 0 Å². The van der Waals surface area contributed by atoms with Crippen molar-refractivity contribution >= 4 is 68.1 Å². The number of anilines is 1. The predicted molar refractivity (Wildman–Crippen MR) is 123 cm³/mol. The summed E-state index contributed by atoms with van der Waals surface area (Å²) in [5, 5.41) is 4.66. The quantitative estimate of drug-likeness (QED) is 0.571. The van der Waals surface area contributed by atoms with E-state index in [0.29, 0.717) is 20.9 Å². The Labute approximate surface area is 193 Å². The van der Waals surface area contributed by atoms with Gasteiger partial charge in [-0.05, 0) is 55.5 Å². The molecule has 1 N–H and O–H groups in total. The van der Waals surface area contributed by atoms with Crippen molar-refractivity contribution in [2.75, 3.05) is 19.0 Å². The fraction of sp³-hybridized carbons (Fsp3) is 0.300. The minimum Gasteiger partial charge on any atom is -0.465 e. The zero-order valence-electron chi connectivity index (χ0n) is 15.9. The molecule has 9 heteroatoms. The Morgan fingerprint density at radius 3 is 2.55 bits per heavy atom. The predicted octanol–water partition coefficient (Wildman–Crippen LogP) is 5.00. The third kappa shape index (κ3) is 3.28. The molecule has 4 rings (SSSR count). The maximum absolute atomic E-state index is 13.3. The van der Waals surface area contributed by atoms with Gasteiger partial charge in [0.1, 0.15) is 11.7 Å². The monoisotopic (exact) mass is 513 g/mol. The van der Waals surface area contributed by atoms with E-state index in [1.807, 2.05) is 36.1 Å². The molecular weight excluding hydrogens is 497 g/mol. The van der Waals surface area contributed by atoms with Gasteiger partial charge in [0.15, 0.2) is 10.8 Å². The number of ether oxygens (including phenoxy) is 1. The molecule has 2 aliphatic heterocycles. The molecule has 1 saturated heterocycles. The molecule has 3 unspecified atom stereocenters. The number of hydrogen-bond donors (Lipinski definition) is 1. The van der Waals surface area contributed by atoms with Crippen LogP contribution in [0.1, 0.15) is 18.5 Å². The van der Waals surface area contributed by atoms with E-state index in [0.717, 1.165) is 15.7 Å². The fourth-order valence-electron chi connectivity index (χ4n) is 4.04.